The van der Waals surface area contributed by atoms with Crippen molar-refractivity contribution in [3.05, 3.63) is 255 Å². The van der Waals surface area contributed by atoms with Crippen molar-refractivity contribution in [2.45, 2.75) is 0 Å². The molecule has 0 aliphatic rings. The Balaban J connectivity index is 0.920. The van der Waals surface area contributed by atoms with Gasteiger partial charge < -0.3 is 18.6 Å². The summed E-state index contributed by atoms with van der Waals surface area (Å²) in [6.45, 7) is 0. The Morgan fingerprint density at radius 3 is 1.12 bits per heavy atom. The van der Waals surface area contributed by atoms with Crippen LogP contribution in [0.5, 0.6) is 0 Å². The summed E-state index contributed by atoms with van der Waals surface area (Å²) in [5, 5.41) is 6.85. The molecule has 13 aromatic rings. The first kappa shape index (κ1) is 39.3. The third-order valence-electron chi connectivity index (χ3n) is 13.2. The molecule has 13 rings (SSSR count). The lowest BCUT2D eigenvalue weighted by molar-refractivity contribution is 0.668. The predicted molar refractivity (Wildman–Crippen MR) is 284 cm³/mol. The molecule has 68 heavy (non-hydrogen) atoms. The molecule has 4 nitrogen and oxygen atoms in total. The summed E-state index contributed by atoms with van der Waals surface area (Å²) in [6, 6.07) is 90.6. The summed E-state index contributed by atoms with van der Waals surface area (Å²) in [5.41, 5.74) is 16.5. The molecule has 0 unspecified atom stereocenters. The number of anilines is 6. The van der Waals surface area contributed by atoms with Gasteiger partial charge in [0.25, 0.3) is 0 Å². The third kappa shape index (κ3) is 6.86. The van der Waals surface area contributed by atoms with Crippen LogP contribution in [-0.2, 0) is 0 Å². The van der Waals surface area contributed by atoms with Crippen molar-refractivity contribution < 1.29 is 8.83 Å². The lowest BCUT2D eigenvalue weighted by Crippen LogP contribution is -2.10. The zero-order chi connectivity index (χ0) is 45.0. The average molecular weight is 871 g/mol. The lowest BCUT2D eigenvalue weighted by atomic mass is 9.92. The standard InChI is InChI=1S/C64H42N2O2/c1-3-17-51(18-4-1)65(59-25-13-23-57-55-21-9-11-27-61(55)67-63(57)59)53-35-31-44(32-36-53)48-40-49(42-50(41-48)47-30-29-43-15-7-8-16-46(43)39-47)45-33-37-54(38-34-45)66(52-19-5-2-6-20-52)60-26-14-24-58-56-22-10-12-28-62(56)68-64(58)60/h1-42H. The fourth-order valence-electron chi connectivity index (χ4n) is 9.93. The molecule has 11 aromatic carbocycles. The predicted octanol–water partition coefficient (Wildman–Crippen LogP) is 18.6. The van der Waals surface area contributed by atoms with Crippen LogP contribution in [0.1, 0.15) is 0 Å². The second-order valence-corrected chi connectivity index (χ2v) is 17.3. The minimum absolute atomic E-state index is 0.860. The highest BCUT2D eigenvalue weighted by molar-refractivity contribution is 6.11. The zero-order valence-corrected chi connectivity index (χ0v) is 37.0. The van der Waals surface area contributed by atoms with Crippen molar-refractivity contribution in [2.75, 3.05) is 9.80 Å². The average Bonchev–Trinajstić information content (AvgIpc) is 3.99. The first-order valence-electron chi connectivity index (χ1n) is 23.1. The van der Waals surface area contributed by atoms with E-state index in [1.165, 1.54) is 16.3 Å². The van der Waals surface area contributed by atoms with Gasteiger partial charge in [0, 0.05) is 44.3 Å². The molecule has 0 N–H and O–H groups in total. The SMILES string of the molecule is c1ccc(N(c2ccc(-c3cc(-c4ccc(N(c5ccccc5)c5cccc6c5oc5ccccc56)cc4)cc(-c4ccc5ccccc5c4)c3)cc2)c2cccc3c2oc2ccccc23)cc1. The van der Waals surface area contributed by atoms with Crippen molar-refractivity contribution in [3.8, 4) is 33.4 Å². The molecule has 320 valence electrons. The van der Waals surface area contributed by atoms with Gasteiger partial charge >= 0.3 is 0 Å². The molecular formula is C64H42N2O2. The minimum atomic E-state index is 0.860. The number of nitrogens with zero attached hydrogens (tertiary/aromatic N) is 2. The van der Waals surface area contributed by atoms with Crippen LogP contribution in [-0.4, -0.2) is 0 Å². The normalized spacial score (nSPS) is 11.5. The van der Waals surface area contributed by atoms with Crippen molar-refractivity contribution in [1.82, 2.24) is 0 Å². The van der Waals surface area contributed by atoms with Crippen molar-refractivity contribution in [3.63, 3.8) is 0 Å². The zero-order valence-electron chi connectivity index (χ0n) is 37.0. The fraction of sp³-hybridized carbons (Fsp3) is 0. The molecule has 0 spiro atoms. The van der Waals surface area contributed by atoms with Gasteiger partial charge in [-0.3, -0.25) is 0 Å². The molecule has 0 saturated heterocycles. The second-order valence-electron chi connectivity index (χ2n) is 17.3. The lowest BCUT2D eigenvalue weighted by Gasteiger charge is -2.26. The van der Waals surface area contributed by atoms with E-state index in [2.05, 4.69) is 240 Å². The highest BCUT2D eigenvalue weighted by Gasteiger charge is 2.21. The van der Waals surface area contributed by atoms with Crippen LogP contribution in [0.4, 0.5) is 34.1 Å². The van der Waals surface area contributed by atoms with Gasteiger partial charge in [0.15, 0.2) is 11.2 Å². The summed E-state index contributed by atoms with van der Waals surface area (Å²) in [5.74, 6) is 0. The van der Waals surface area contributed by atoms with Crippen molar-refractivity contribution >= 4 is 88.8 Å². The van der Waals surface area contributed by atoms with Gasteiger partial charge in [0.2, 0.25) is 0 Å². The Kier molecular flexibility index (Phi) is 9.47. The van der Waals surface area contributed by atoms with Crippen LogP contribution in [0.2, 0.25) is 0 Å². The van der Waals surface area contributed by atoms with E-state index < -0.39 is 0 Å². The van der Waals surface area contributed by atoms with Crippen LogP contribution in [0, 0.1) is 0 Å². The minimum Gasteiger partial charge on any atom is -0.454 e. The van der Waals surface area contributed by atoms with E-state index in [1.807, 2.05) is 24.3 Å². The largest absolute Gasteiger partial charge is 0.454 e. The number of furan rings is 2. The van der Waals surface area contributed by atoms with Crippen LogP contribution < -0.4 is 9.80 Å². The molecule has 0 radical (unpaired) electrons. The molecule has 0 aliphatic heterocycles. The first-order chi connectivity index (χ1) is 33.7. The molecule has 0 bridgehead atoms. The van der Waals surface area contributed by atoms with E-state index in [9.17, 15) is 0 Å². The van der Waals surface area contributed by atoms with Gasteiger partial charge in [-0.2, -0.15) is 0 Å². The Labute approximate surface area is 393 Å². The number of fused-ring (bicyclic) bond motifs is 7. The molecule has 0 fully saturated rings. The smallest absolute Gasteiger partial charge is 0.159 e. The number of rotatable bonds is 9. The van der Waals surface area contributed by atoms with Gasteiger partial charge in [-0.05, 0) is 141 Å². The van der Waals surface area contributed by atoms with E-state index in [4.69, 9.17) is 8.83 Å². The van der Waals surface area contributed by atoms with Gasteiger partial charge in [-0.1, -0.05) is 158 Å². The fourth-order valence-corrected chi connectivity index (χ4v) is 9.93. The van der Waals surface area contributed by atoms with Crippen LogP contribution in [0.3, 0.4) is 0 Å². The summed E-state index contributed by atoms with van der Waals surface area (Å²) in [6.07, 6.45) is 0. The first-order valence-corrected chi connectivity index (χ1v) is 23.1. The Bertz CT molecular complexity index is 3750. The molecule has 2 aromatic heterocycles. The number of benzene rings is 11. The van der Waals surface area contributed by atoms with Crippen molar-refractivity contribution in [1.29, 1.82) is 0 Å². The molecule has 0 saturated carbocycles. The Morgan fingerprint density at radius 1 is 0.235 bits per heavy atom. The second kappa shape index (κ2) is 16.4. The maximum atomic E-state index is 6.58. The van der Waals surface area contributed by atoms with E-state index >= 15 is 0 Å². The summed E-state index contributed by atoms with van der Waals surface area (Å²) >= 11 is 0. The van der Waals surface area contributed by atoms with Crippen LogP contribution in [0.25, 0.3) is 88.0 Å². The van der Waals surface area contributed by atoms with Crippen LogP contribution >= 0.6 is 0 Å². The van der Waals surface area contributed by atoms with Gasteiger partial charge in [0.1, 0.15) is 11.2 Å². The third-order valence-corrected chi connectivity index (χ3v) is 13.2. The summed E-state index contributed by atoms with van der Waals surface area (Å²) in [7, 11) is 0. The number of hydrogen-bond acceptors (Lipinski definition) is 4. The van der Waals surface area contributed by atoms with Crippen molar-refractivity contribution in [2.24, 2.45) is 0 Å². The van der Waals surface area contributed by atoms with Gasteiger partial charge in [-0.15, -0.1) is 0 Å². The molecule has 0 atom stereocenters. The maximum Gasteiger partial charge on any atom is 0.159 e. The van der Waals surface area contributed by atoms with Gasteiger partial charge in [0.05, 0.1) is 11.4 Å². The monoisotopic (exact) mass is 870 g/mol. The van der Waals surface area contributed by atoms with E-state index in [1.54, 1.807) is 0 Å². The Morgan fingerprint density at radius 2 is 0.618 bits per heavy atom. The number of para-hydroxylation sites is 6. The maximum absolute atomic E-state index is 6.58. The Hall–Kier alpha value is -9.12. The molecule has 0 aliphatic carbocycles. The summed E-state index contributed by atoms with van der Waals surface area (Å²) < 4.78 is 13.2. The molecule has 0 amide bonds. The number of hydrogen-bond donors (Lipinski definition) is 0. The van der Waals surface area contributed by atoms with E-state index in [-0.39, 0.29) is 0 Å². The van der Waals surface area contributed by atoms with E-state index in [0.29, 0.717) is 0 Å². The molecule has 4 heteroatoms. The highest BCUT2D eigenvalue weighted by atomic mass is 16.3. The molecular weight excluding hydrogens is 829 g/mol. The highest BCUT2D eigenvalue weighted by Crippen LogP contribution is 2.45. The van der Waals surface area contributed by atoms with E-state index in [0.717, 1.165) is 106 Å². The van der Waals surface area contributed by atoms with Gasteiger partial charge in [-0.25, -0.2) is 0 Å². The summed E-state index contributed by atoms with van der Waals surface area (Å²) in [4.78, 5) is 4.58. The topological polar surface area (TPSA) is 32.8 Å². The quantitative estimate of drug-likeness (QED) is 0.145. The molecule has 2 heterocycles. The van der Waals surface area contributed by atoms with Crippen LogP contribution in [0.15, 0.2) is 264 Å².